The maximum absolute atomic E-state index is 12.4. The fourth-order valence-electron chi connectivity index (χ4n) is 3.25. The Morgan fingerprint density at radius 2 is 1.64 bits per heavy atom. The minimum Gasteiger partial charge on any atom is -0.343 e. The zero-order chi connectivity index (χ0) is 19.8. The van der Waals surface area contributed by atoms with Crippen LogP contribution in [-0.2, 0) is 16.1 Å². The van der Waals surface area contributed by atoms with Crippen molar-refractivity contribution in [1.29, 1.82) is 0 Å². The van der Waals surface area contributed by atoms with Crippen molar-refractivity contribution in [3.63, 3.8) is 0 Å². The number of nitrogens with one attached hydrogen (secondary N) is 1. The summed E-state index contributed by atoms with van der Waals surface area (Å²) in [7, 11) is 0. The van der Waals surface area contributed by atoms with Gasteiger partial charge in [0.15, 0.2) is 0 Å². The number of piperazine rings is 1. The first-order valence-electron chi connectivity index (χ1n) is 9.67. The van der Waals surface area contributed by atoms with Crippen molar-refractivity contribution in [1.82, 2.24) is 15.1 Å². The zero-order valence-corrected chi connectivity index (χ0v) is 16.3. The molecule has 0 spiro atoms. The highest BCUT2D eigenvalue weighted by Crippen LogP contribution is 2.12. The molecule has 0 unspecified atom stereocenters. The van der Waals surface area contributed by atoms with Gasteiger partial charge in [-0.15, -0.1) is 0 Å². The Morgan fingerprint density at radius 1 is 0.964 bits per heavy atom. The van der Waals surface area contributed by atoms with Gasteiger partial charge >= 0.3 is 0 Å². The van der Waals surface area contributed by atoms with Crippen molar-refractivity contribution >= 4 is 17.9 Å². The lowest BCUT2D eigenvalue weighted by Gasteiger charge is -2.35. The van der Waals surface area contributed by atoms with Crippen LogP contribution in [0.3, 0.4) is 0 Å². The van der Waals surface area contributed by atoms with Gasteiger partial charge in [-0.1, -0.05) is 54.6 Å². The molecule has 5 heteroatoms. The second-order valence-electron chi connectivity index (χ2n) is 7.05. The lowest BCUT2D eigenvalue weighted by atomic mass is 10.1. The van der Waals surface area contributed by atoms with Crippen LogP contribution in [0.25, 0.3) is 6.08 Å². The smallest absolute Gasteiger partial charge is 0.244 e. The molecule has 5 nitrogen and oxygen atoms in total. The first-order valence-corrected chi connectivity index (χ1v) is 9.67. The van der Waals surface area contributed by atoms with Crippen LogP contribution >= 0.6 is 0 Å². The first kappa shape index (κ1) is 19.8. The van der Waals surface area contributed by atoms with E-state index in [1.807, 2.05) is 35.2 Å². The highest BCUT2D eigenvalue weighted by atomic mass is 16.2. The highest BCUT2D eigenvalue weighted by Gasteiger charge is 2.21. The van der Waals surface area contributed by atoms with Crippen LogP contribution in [-0.4, -0.2) is 54.3 Å². The number of amides is 2. The van der Waals surface area contributed by atoms with Crippen LogP contribution in [0.4, 0.5) is 0 Å². The Bertz CT molecular complexity index is 825. The molecule has 2 aromatic rings. The van der Waals surface area contributed by atoms with Gasteiger partial charge in [0, 0.05) is 38.8 Å². The number of carbonyl (C=O) groups is 2. The predicted molar refractivity (Wildman–Crippen MR) is 112 cm³/mol. The van der Waals surface area contributed by atoms with Gasteiger partial charge in [-0.05, 0) is 29.7 Å². The van der Waals surface area contributed by atoms with E-state index < -0.39 is 0 Å². The van der Waals surface area contributed by atoms with Crippen molar-refractivity contribution in [2.24, 2.45) is 0 Å². The topological polar surface area (TPSA) is 52.6 Å². The van der Waals surface area contributed by atoms with E-state index in [0.29, 0.717) is 13.1 Å². The number of benzene rings is 2. The fraction of sp³-hybridized carbons (Fsp3) is 0.304. The quantitative estimate of drug-likeness (QED) is 0.787. The van der Waals surface area contributed by atoms with Crippen LogP contribution in [0, 0.1) is 6.92 Å². The molecule has 0 bridgehead atoms. The Balaban J connectivity index is 1.39. The van der Waals surface area contributed by atoms with Crippen LogP contribution in [0.1, 0.15) is 16.7 Å². The van der Waals surface area contributed by atoms with Crippen LogP contribution in [0.2, 0.25) is 0 Å². The van der Waals surface area contributed by atoms with E-state index in [9.17, 15) is 9.59 Å². The molecule has 2 amide bonds. The normalized spacial score (nSPS) is 15.0. The monoisotopic (exact) mass is 377 g/mol. The molecule has 1 saturated heterocycles. The summed E-state index contributed by atoms with van der Waals surface area (Å²) in [4.78, 5) is 28.5. The fourth-order valence-corrected chi connectivity index (χ4v) is 3.25. The second-order valence-corrected chi connectivity index (χ2v) is 7.05. The summed E-state index contributed by atoms with van der Waals surface area (Å²) < 4.78 is 0. The molecule has 1 heterocycles. The van der Waals surface area contributed by atoms with Crippen molar-refractivity contribution in [3.05, 3.63) is 77.4 Å². The predicted octanol–water partition coefficient (Wildman–Crippen LogP) is 2.47. The molecular weight excluding hydrogens is 350 g/mol. The van der Waals surface area contributed by atoms with Gasteiger partial charge in [-0.3, -0.25) is 14.5 Å². The molecule has 1 aliphatic heterocycles. The van der Waals surface area contributed by atoms with Crippen molar-refractivity contribution < 1.29 is 9.59 Å². The minimum atomic E-state index is -0.254. The standard InChI is InChI=1S/C23H27N3O2/c1-19-7-5-6-10-21(19)18-25-13-15-26(16-14-25)23(28)17-24-22(27)12-11-20-8-3-2-4-9-20/h2-12H,13-18H2,1H3,(H,24,27)/b12-11+. The summed E-state index contributed by atoms with van der Waals surface area (Å²) in [5.41, 5.74) is 3.58. The van der Waals surface area contributed by atoms with E-state index in [2.05, 4.69) is 41.4 Å². The molecule has 2 aromatic carbocycles. The molecule has 1 aliphatic rings. The van der Waals surface area contributed by atoms with E-state index >= 15 is 0 Å². The molecule has 0 radical (unpaired) electrons. The van der Waals surface area contributed by atoms with Gasteiger partial charge in [-0.25, -0.2) is 0 Å². The number of hydrogen-bond donors (Lipinski definition) is 1. The maximum atomic E-state index is 12.4. The Kier molecular flexibility index (Phi) is 6.98. The van der Waals surface area contributed by atoms with E-state index in [4.69, 9.17) is 0 Å². The molecule has 146 valence electrons. The summed E-state index contributed by atoms with van der Waals surface area (Å²) in [6, 6.07) is 18.0. The number of aryl methyl sites for hydroxylation is 1. The first-order chi connectivity index (χ1) is 13.6. The maximum Gasteiger partial charge on any atom is 0.244 e. The number of rotatable bonds is 6. The molecular formula is C23H27N3O2. The number of carbonyl (C=O) groups excluding carboxylic acids is 2. The summed E-state index contributed by atoms with van der Waals surface area (Å²) in [6.45, 7) is 6.17. The molecule has 0 atom stereocenters. The summed E-state index contributed by atoms with van der Waals surface area (Å²) in [5, 5.41) is 2.68. The SMILES string of the molecule is Cc1ccccc1CN1CCN(C(=O)CNC(=O)/C=C/c2ccccc2)CC1. The third-order valence-corrected chi connectivity index (χ3v) is 5.02. The van der Waals surface area contributed by atoms with Gasteiger partial charge < -0.3 is 10.2 Å². The number of hydrogen-bond acceptors (Lipinski definition) is 3. The average molecular weight is 377 g/mol. The summed E-state index contributed by atoms with van der Waals surface area (Å²) in [6.07, 6.45) is 3.20. The van der Waals surface area contributed by atoms with Gasteiger partial charge in [0.25, 0.3) is 0 Å². The lowest BCUT2D eigenvalue weighted by molar-refractivity contribution is -0.133. The van der Waals surface area contributed by atoms with Gasteiger partial charge in [0.2, 0.25) is 11.8 Å². The van der Waals surface area contributed by atoms with E-state index in [0.717, 1.165) is 25.2 Å². The molecule has 1 N–H and O–H groups in total. The lowest BCUT2D eigenvalue weighted by Crippen LogP contribution is -2.50. The molecule has 3 rings (SSSR count). The van der Waals surface area contributed by atoms with E-state index in [1.54, 1.807) is 6.08 Å². The van der Waals surface area contributed by atoms with Crippen LogP contribution in [0.5, 0.6) is 0 Å². The minimum absolute atomic E-state index is 0.0306. The summed E-state index contributed by atoms with van der Waals surface area (Å²) >= 11 is 0. The summed E-state index contributed by atoms with van der Waals surface area (Å²) in [5.74, 6) is -0.285. The van der Waals surface area contributed by atoms with Crippen molar-refractivity contribution in [3.8, 4) is 0 Å². The van der Waals surface area contributed by atoms with Crippen molar-refractivity contribution in [2.45, 2.75) is 13.5 Å². The average Bonchev–Trinajstić information content (AvgIpc) is 2.73. The third-order valence-electron chi connectivity index (χ3n) is 5.02. The molecule has 28 heavy (non-hydrogen) atoms. The molecule has 0 aliphatic carbocycles. The van der Waals surface area contributed by atoms with E-state index in [1.165, 1.54) is 17.2 Å². The van der Waals surface area contributed by atoms with Crippen LogP contribution < -0.4 is 5.32 Å². The molecule has 0 aromatic heterocycles. The van der Waals surface area contributed by atoms with Gasteiger partial charge in [0.05, 0.1) is 6.54 Å². The van der Waals surface area contributed by atoms with E-state index in [-0.39, 0.29) is 18.4 Å². The Labute approximate surface area is 166 Å². The van der Waals surface area contributed by atoms with Gasteiger partial charge in [0.1, 0.15) is 0 Å². The molecule has 0 saturated carbocycles. The zero-order valence-electron chi connectivity index (χ0n) is 16.3. The van der Waals surface area contributed by atoms with Crippen molar-refractivity contribution in [2.75, 3.05) is 32.7 Å². The molecule has 1 fully saturated rings. The number of nitrogens with zero attached hydrogens (tertiary/aromatic N) is 2. The third kappa shape index (κ3) is 5.79. The van der Waals surface area contributed by atoms with Crippen LogP contribution in [0.15, 0.2) is 60.7 Å². The highest BCUT2D eigenvalue weighted by molar-refractivity contribution is 5.94. The largest absolute Gasteiger partial charge is 0.343 e. The Morgan fingerprint density at radius 3 is 2.36 bits per heavy atom. The second kappa shape index (κ2) is 9.85. The van der Waals surface area contributed by atoms with Gasteiger partial charge in [-0.2, -0.15) is 0 Å². The Hall–Kier alpha value is -2.92.